The van der Waals surface area contributed by atoms with Gasteiger partial charge in [-0.2, -0.15) is 12.6 Å². The molecule has 0 radical (unpaired) electrons. The first kappa shape index (κ1) is 8.18. The molecule has 0 aliphatic rings. The molecule has 0 spiro atoms. The highest BCUT2D eigenvalue weighted by atomic mass is 35.5. The summed E-state index contributed by atoms with van der Waals surface area (Å²) in [5.41, 5.74) is 0.898. The molecule has 1 aromatic heterocycles. The van der Waals surface area contributed by atoms with Crippen molar-refractivity contribution in [1.82, 2.24) is 4.98 Å². The first-order valence-electron chi connectivity index (χ1n) is 2.66. The highest BCUT2D eigenvalue weighted by Gasteiger charge is 1.98. The molecule has 0 saturated heterocycles. The Morgan fingerprint density at radius 3 is 2.60 bits per heavy atom. The summed E-state index contributed by atoms with van der Waals surface area (Å²) in [4.78, 5) is 3.83. The van der Waals surface area contributed by atoms with Gasteiger partial charge in [0, 0.05) is 5.75 Å². The molecule has 4 heteroatoms. The number of aromatic nitrogens is 1. The van der Waals surface area contributed by atoms with Crippen LogP contribution in [0.15, 0.2) is 12.1 Å². The molecule has 1 heterocycles. The summed E-state index contributed by atoms with van der Waals surface area (Å²) in [6.45, 7) is 0. The van der Waals surface area contributed by atoms with E-state index in [2.05, 4.69) is 17.6 Å². The summed E-state index contributed by atoms with van der Waals surface area (Å²) in [5.74, 6) is 0.586. The lowest BCUT2D eigenvalue weighted by molar-refractivity contribution is 1.25. The van der Waals surface area contributed by atoms with Crippen LogP contribution in [0.2, 0.25) is 10.3 Å². The molecule has 0 N–H and O–H groups in total. The van der Waals surface area contributed by atoms with Crippen LogP contribution >= 0.6 is 35.8 Å². The third kappa shape index (κ3) is 1.78. The maximum Gasteiger partial charge on any atom is 0.134 e. The second kappa shape index (κ2) is 3.46. The fraction of sp³-hybridized carbons (Fsp3) is 0.167. The van der Waals surface area contributed by atoms with Gasteiger partial charge in [0.2, 0.25) is 0 Å². The van der Waals surface area contributed by atoms with Crippen LogP contribution < -0.4 is 0 Å². The van der Waals surface area contributed by atoms with Crippen LogP contribution in [0.25, 0.3) is 0 Å². The Morgan fingerprint density at radius 1 is 1.40 bits per heavy atom. The SMILES string of the molecule is SCc1ccc(Cl)nc1Cl. The molecule has 0 unspecified atom stereocenters. The Kier molecular flexibility index (Phi) is 2.83. The van der Waals surface area contributed by atoms with Gasteiger partial charge in [-0.3, -0.25) is 0 Å². The number of nitrogens with zero attached hydrogens (tertiary/aromatic N) is 1. The van der Waals surface area contributed by atoms with Crippen molar-refractivity contribution >= 4 is 35.8 Å². The van der Waals surface area contributed by atoms with E-state index in [1.165, 1.54) is 0 Å². The molecule has 0 amide bonds. The lowest BCUT2D eigenvalue weighted by Crippen LogP contribution is -1.83. The van der Waals surface area contributed by atoms with Crippen molar-refractivity contribution in [2.24, 2.45) is 0 Å². The first-order valence-corrected chi connectivity index (χ1v) is 4.04. The van der Waals surface area contributed by atoms with Crippen LogP contribution in [-0.4, -0.2) is 4.98 Å². The van der Waals surface area contributed by atoms with Crippen molar-refractivity contribution < 1.29 is 0 Å². The zero-order valence-electron chi connectivity index (χ0n) is 5.01. The Hall–Kier alpha value is 0.0800. The molecule has 0 aliphatic heterocycles. The van der Waals surface area contributed by atoms with Crippen molar-refractivity contribution in [3.8, 4) is 0 Å². The molecule has 10 heavy (non-hydrogen) atoms. The van der Waals surface area contributed by atoms with Gasteiger partial charge >= 0.3 is 0 Å². The van der Waals surface area contributed by atoms with Gasteiger partial charge in [0.05, 0.1) is 0 Å². The number of hydrogen-bond donors (Lipinski definition) is 1. The van der Waals surface area contributed by atoms with Crippen molar-refractivity contribution in [3.63, 3.8) is 0 Å². The Balaban J connectivity index is 3.07. The van der Waals surface area contributed by atoms with Crippen molar-refractivity contribution in [2.75, 3.05) is 0 Å². The molecule has 1 rings (SSSR count). The molecule has 1 aromatic rings. The molecule has 54 valence electrons. The molecule has 0 aromatic carbocycles. The summed E-state index contributed by atoms with van der Waals surface area (Å²) < 4.78 is 0. The van der Waals surface area contributed by atoms with Crippen LogP contribution in [0.5, 0.6) is 0 Å². The molecule has 0 atom stereocenters. The third-order valence-corrected chi connectivity index (χ3v) is 1.94. The predicted octanol–water partition coefficient (Wildman–Crippen LogP) is 2.82. The molecule has 0 bridgehead atoms. The quantitative estimate of drug-likeness (QED) is 0.535. The highest BCUT2D eigenvalue weighted by molar-refractivity contribution is 7.79. The molecule has 1 nitrogen and oxygen atoms in total. The van der Waals surface area contributed by atoms with E-state index >= 15 is 0 Å². The Morgan fingerprint density at radius 2 is 2.10 bits per heavy atom. The maximum absolute atomic E-state index is 5.69. The minimum atomic E-state index is 0.413. The van der Waals surface area contributed by atoms with Crippen LogP contribution in [0.4, 0.5) is 0 Å². The third-order valence-electron chi connectivity index (χ3n) is 1.06. The van der Waals surface area contributed by atoms with Gasteiger partial charge in [-0.1, -0.05) is 29.3 Å². The van der Waals surface area contributed by atoms with E-state index in [1.807, 2.05) is 6.07 Å². The smallest absolute Gasteiger partial charge is 0.134 e. The van der Waals surface area contributed by atoms with Crippen molar-refractivity contribution in [3.05, 3.63) is 28.0 Å². The fourth-order valence-corrected chi connectivity index (χ4v) is 1.32. The van der Waals surface area contributed by atoms with Crippen LogP contribution in [0.1, 0.15) is 5.56 Å². The summed E-state index contributed by atoms with van der Waals surface area (Å²) in [7, 11) is 0. The molecule has 0 aliphatic carbocycles. The fourth-order valence-electron chi connectivity index (χ4n) is 0.559. The molecular weight excluding hydrogens is 189 g/mol. The van der Waals surface area contributed by atoms with E-state index in [0.29, 0.717) is 16.1 Å². The van der Waals surface area contributed by atoms with E-state index in [9.17, 15) is 0 Å². The van der Waals surface area contributed by atoms with Crippen molar-refractivity contribution in [2.45, 2.75) is 5.75 Å². The van der Waals surface area contributed by atoms with Gasteiger partial charge in [-0.05, 0) is 11.6 Å². The van der Waals surface area contributed by atoms with Gasteiger partial charge in [-0.25, -0.2) is 4.98 Å². The van der Waals surface area contributed by atoms with E-state index in [0.717, 1.165) is 5.56 Å². The average Bonchev–Trinajstić information content (AvgIpc) is 1.88. The summed E-state index contributed by atoms with van der Waals surface area (Å²) in [5, 5.41) is 0.845. The van der Waals surface area contributed by atoms with Gasteiger partial charge in [-0.15, -0.1) is 0 Å². The standard InChI is InChI=1S/C6H5Cl2NS/c7-5-2-1-4(3-10)6(8)9-5/h1-2,10H,3H2. The van der Waals surface area contributed by atoms with Gasteiger partial charge in [0.1, 0.15) is 10.3 Å². The van der Waals surface area contributed by atoms with Crippen molar-refractivity contribution in [1.29, 1.82) is 0 Å². The Labute approximate surface area is 74.8 Å². The zero-order chi connectivity index (χ0) is 7.56. The zero-order valence-corrected chi connectivity index (χ0v) is 7.42. The monoisotopic (exact) mass is 193 g/mol. The first-order chi connectivity index (χ1) is 4.74. The van der Waals surface area contributed by atoms with E-state index < -0.39 is 0 Å². The lowest BCUT2D eigenvalue weighted by atomic mass is 10.3. The van der Waals surface area contributed by atoms with Gasteiger partial charge in [0.15, 0.2) is 0 Å². The number of pyridine rings is 1. The molecular formula is C6H5Cl2NS. The topological polar surface area (TPSA) is 12.9 Å². The summed E-state index contributed by atoms with van der Waals surface area (Å²) in [6, 6.07) is 3.50. The maximum atomic E-state index is 5.69. The minimum absolute atomic E-state index is 0.413. The largest absolute Gasteiger partial charge is 0.224 e. The van der Waals surface area contributed by atoms with Gasteiger partial charge < -0.3 is 0 Å². The van der Waals surface area contributed by atoms with E-state index in [4.69, 9.17) is 23.2 Å². The molecule has 0 saturated carbocycles. The number of thiol groups is 1. The highest BCUT2D eigenvalue weighted by Crippen LogP contribution is 2.17. The second-order valence-electron chi connectivity index (χ2n) is 1.74. The van der Waals surface area contributed by atoms with E-state index in [1.54, 1.807) is 6.07 Å². The van der Waals surface area contributed by atoms with E-state index in [-0.39, 0.29) is 0 Å². The van der Waals surface area contributed by atoms with Crippen LogP contribution in [0, 0.1) is 0 Å². The normalized spacial score (nSPS) is 9.90. The minimum Gasteiger partial charge on any atom is -0.224 e. The lowest BCUT2D eigenvalue weighted by Gasteiger charge is -1.97. The Bertz CT molecular complexity index is 239. The predicted molar refractivity (Wildman–Crippen MR) is 46.9 cm³/mol. The average molecular weight is 194 g/mol. The summed E-state index contributed by atoms with van der Waals surface area (Å²) in [6.07, 6.45) is 0. The second-order valence-corrected chi connectivity index (χ2v) is 2.80. The number of rotatable bonds is 1. The van der Waals surface area contributed by atoms with Gasteiger partial charge in [0.25, 0.3) is 0 Å². The number of hydrogen-bond acceptors (Lipinski definition) is 2. The molecule has 0 fully saturated rings. The van der Waals surface area contributed by atoms with Crippen LogP contribution in [-0.2, 0) is 5.75 Å². The van der Waals surface area contributed by atoms with Crippen LogP contribution in [0.3, 0.4) is 0 Å². The summed E-state index contributed by atoms with van der Waals surface area (Å²) >= 11 is 15.3. The number of halogens is 2.